The van der Waals surface area contributed by atoms with E-state index in [2.05, 4.69) is 15.0 Å². The van der Waals surface area contributed by atoms with Crippen LogP contribution in [-0.4, -0.2) is 82.6 Å². The quantitative estimate of drug-likeness (QED) is 0.430. The van der Waals surface area contributed by atoms with Gasteiger partial charge in [-0.15, -0.1) is 0 Å². The third-order valence-electron chi connectivity index (χ3n) is 4.26. The Morgan fingerprint density at radius 2 is 2.09 bits per heavy atom. The second-order valence-electron chi connectivity index (χ2n) is 6.31. The van der Waals surface area contributed by atoms with E-state index >= 15 is 0 Å². The molecule has 7 atom stereocenters. The summed E-state index contributed by atoms with van der Waals surface area (Å²) in [6.45, 7) is 5.64. The van der Waals surface area contributed by atoms with Gasteiger partial charge in [-0.25, -0.2) is 0 Å². The van der Waals surface area contributed by atoms with Crippen LogP contribution in [0.15, 0.2) is 9.98 Å². The lowest BCUT2D eigenvalue weighted by atomic mass is 10.1. The largest absolute Gasteiger partial charge is 0.387 e. The second-order valence-corrected chi connectivity index (χ2v) is 6.31. The van der Waals surface area contributed by atoms with Crippen molar-refractivity contribution in [2.24, 2.45) is 15.7 Å². The predicted molar refractivity (Wildman–Crippen MR) is 82.9 cm³/mol. The molecule has 0 aliphatic carbocycles. The third-order valence-corrected chi connectivity index (χ3v) is 4.26. The summed E-state index contributed by atoms with van der Waals surface area (Å²) < 4.78 is 11.6. The van der Waals surface area contributed by atoms with E-state index in [0.29, 0.717) is 5.84 Å². The lowest BCUT2D eigenvalue weighted by molar-refractivity contribution is -0.529. The third kappa shape index (κ3) is 2.85. The number of aliphatic hydroxyl groups excluding tert-OH is 2. The smallest absolute Gasteiger partial charge is 0.283 e. The van der Waals surface area contributed by atoms with E-state index in [1.165, 1.54) is 6.34 Å². The Hall–Kier alpha value is -1.55. The monoisotopic (exact) mass is 326 g/mol. The number of amidine groups is 1. The van der Waals surface area contributed by atoms with Gasteiger partial charge in [0.1, 0.15) is 18.3 Å². The molecule has 23 heavy (non-hydrogen) atoms. The van der Waals surface area contributed by atoms with Crippen LogP contribution < -0.4 is 10.7 Å². The molecule has 3 aliphatic heterocycles. The molecule has 0 amide bonds. The number of rotatable bonds is 4. The number of nitrogens with one attached hydrogen (secondary N) is 1. The van der Waals surface area contributed by atoms with Gasteiger partial charge in [-0.2, -0.15) is 0 Å². The van der Waals surface area contributed by atoms with Crippen LogP contribution in [0.4, 0.5) is 0 Å². The zero-order valence-corrected chi connectivity index (χ0v) is 13.4. The van der Waals surface area contributed by atoms with Crippen molar-refractivity contribution >= 4 is 18.5 Å². The minimum absolute atomic E-state index is 0.000318. The van der Waals surface area contributed by atoms with E-state index in [1.807, 2.05) is 20.8 Å². The molecule has 1 fully saturated rings. The van der Waals surface area contributed by atoms with Crippen LogP contribution in [0.1, 0.15) is 20.8 Å². The highest BCUT2D eigenvalue weighted by Gasteiger charge is 2.52. The molecule has 9 heteroatoms. The summed E-state index contributed by atoms with van der Waals surface area (Å²) in [5.74, 6) is 0.397. The number of nitrogens with two attached hydrogens (primary N) is 1. The lowest BCUT2D eigenvalue weighted by Crippen LogP contribution is -2.86. The number of aliphatic imine (C=N–C) groups is 2. The lowest BCUT2D eigenvalue weighted by Gasteiger charge is -2.30. The van der Waals surface area contributed by atoms with Gasteiger partial charge in [-0.05, 0) is 25.8 Å². The molecule has 128 valence electrons. The molecule has 7 unspecified atom stereocenters. The van der Waals surface area contributed by atoms with Gasteiger partial charge in [-0.3, -0.25) is 14.9 Å². The summed E-state index contributed by atoms with van der Waals surface area (Å²) in [7, 11) is 0. The van der Waals surface area contributed by atoms with Crippen LogP contribution in [0.25, 0.3) is 0 Å². The zero-order valence-electron chi connectivity index (χ0n) is 13.4. The molecule has 0 aromatic rings. The number of aliphatic hydroxyl groups is 2. The standard InChI is InChI=1S/C14H23N5O4/c1-6(2)22-7(3)11-9(20)10(21)14(23-11)19-5-18-8-12(15)16-4-17-13(8)19/h4-11,13-14,20-21H,1-3H3,(H2,15,16,17)/p+1. The van der Waals surface area contributed by atoms with Crippen LogP contribution in [0.5, 0.6) is 0 Å². The Labute approximate surface area is 134 Å². The molecule has 0 aromatic carbocycles. The number of nitrogens with zero attached hydrogens (tertiary/aromatic N) is 3. The number of hydrogen-bond acceptors (Lipinski definition) is 8. The van der Waals surface area contributed by atoms with Crippen LogP contribution in [-0.2, 0) is 9.47 Å². The Kier molecular flexibility index (Phi) is 4.37. The van der Waals surface area contributed by atoms with Gasteiger partial charge in [0, 0.05) is 0 Å². The molecule has 0 aromatic heterocycles. The first-order chi connectivity index (χ1) is 10.9. The predicted octanol–water partition coefficient (Wildman–Crippen LogP) is -3.24. The summed E-state index contributed by atoms with van der Waals surface area (Å²) in [5.41, 5.74) is 5.84. The molecule has 3 rings (SSSR count). The van der Waals surface area contributed by atoms with E-state index in [-0.39, 0.29) is 24.4 Å². The van der Waals surface area contributed by atoms with E-state index in [9.17, 15) is 10.2 Å². The van der Waals surface area contributed by atoms with E-state index in [0.717, 1.165) is 0 Å². The van der Waals surface area contributed by atoms with Crippen molar-refractivity contribution in [2.45, 2.75) is 69.7 Å². The molecular formula is C14H24N5O4+. The Morgan fingerprint density at radius 1 is 1.35 bits per heavy atom. The first-order valence-electron chi connectivity index (χ1n) is 7.79. The maximum Gasteiger partial charge on any atom is 0.283 e. The van der Waals surface area contributed by atoms with Gasteiger partial charge in [0.15, 0.2) is 12.3 Å². The fraction of sp³-hybridized carbons (Fsp3) is 0.786. The maximum absolute atomic E-state index is 10.4. The number of fused-ring (bicyclic) bond motifs is 1. The van der Waals surface area contributed by atoms with E-state index in [1.54, 1.807) is 11.2 Å². The van der Waals surface area contributed by atoms with Crippen molar-refractivity contribution in [3.05, 3.63) is 0 Å². The first-order valence-corrected chi connectivity index (χ1v) is 7.79. The molecule has 0 saturated carbocycles. The summed E-state index contributed by atoms with van der Waals surface area (Å²) >= 11 is 0. The van der Waals surface area contributed by atoms with Crippen molar-refractivity contribution in [3.63, 3.8) is 0 Å². The molecular weight excluding hydrogens is 302 g/mol. The van der Waals surface area contributed by atoms with Crippen molar-refractivity contribution in [2.75, 3.05) is 0 Å². The van der Waals surface area contributed by atoms with Gasteiger partial charge in [-0.1, -0.05) is 0 Å². The summed E-state index contributed by atoms with van der Waals surface area (Å²) in [6, 6.07) is -0.337. The average Bonchev–Trinajstić information content (AvgIpc) is 3.02. The Morgan fingerprint density at radius 3 is 2.78 bits per heavy atom. The minimum Gasteiger partial charge on any atom is -0.387 e. The van der Waals surface area contributed by atoms with Gasteiger partial charge in [0.05, 0.1) is 18.5 Å². The molecule has 5 N–H and O–H groups in total. The second kappa shape index (κ2) is 6.16. The van der Waals surface area contributed by atoms with Crippen molar-refractivity contribution in [3.8, 4) is 0 Å². The highest BCUT2D eigenvalue weighted by Crippen LogP contribution is 2.29. The minimum atomic E-state index is -1.08. The van der Waals surface area contributed by atoms with Gasteiger partial charge >= 0.3 is 0 Å². The van der Waals surface area contributed by atoms with Crippen LogP contribution in [0.3, 0.4) is 0 Å². The van der Waals surface area contributed by atoms with E-state index < -0.39 is 24.5 Å². The van der Waals surface area contributed by atoms with Crippen LogP contribution >= 0.6 is 0 Å². The van der Waals surface area contributed by atoms with Gasteiger partial charge in [0.25, 0.3) is 6.34 Å². The molecule has 3 heterocycles. The van der Waals surface area contributed by atoms with Crippen molar-refractivity contribution in [1.82, 2.24) is 4.90 Å². The fourth-order valence-corrected chi connectivity index (χ4v) is 3.20. The fourth-order valence-electron chi connectivity index (χ4n) is 3.20. The molecule has 1 saturated heterocycles. The highest BCUT2D eigenvalue weighted by atomic mass is 16.6. The molecule has 3 aliphatic rings. The highest BCUT2D eigenvalue weighted by molar-refractivity contribution is 5.94. The van der Waals surface area contributed by atoms with E-state index in [4.69, 9.17) is 15.2 Å². The molecule has 0 radical (unpaired) electrons. The van der Waals surface area contributed by atoms with Crippen LogP contribution in [0, 0.1) is 0 Å². The average molecular weight is 326 g/mol. The Balaban J connectivity index is 1.73. The molecule has 9 nitrogen and oxygen atoms in total. The van der Waals surface area contributed by atoms with Crippen molar-refractivity contribution in [1.29, 1.82) is 0 Å². The summed E-state index contributed by atoms with van der Waals surface area (Å²) in [5, 5.41) is 20.7. The summed E-state index contributed by atoms with van der Waals surface area (Å²) in [6.07, 6.45) is -1.05. The summed E-state index contributed by atoms with van der Waals surface area (Å²) in [4.78, 5) is 13.1. The van der Waals surface area contributed by atoms with Gasteiger partial charge in [0.2, 0.25) is 12.0 Å². The normalized spacial score (nSPS) is 40.6. The zero-order chi connectivity index (χ0) is 16.7. The number of ether oxygens (including phenoxy) is 2. The Bertz CT molecular complexity index is 537. The molecule has 0 spiro atoms. The van der Waals surface area contributed by atoms with Gasteiger partial charge < -0.3 is 25.4 Å². The van der Waals surface area contributed by atoms with Crippen molar-refractivity contribution < 1.29 is 24.7 Å². The first kappa shape index (κ1) is 16.3. The number of hydrogen-bond donors (Lipinski definition) is 4. The molecule has 0 bridgehead atoms. The SMILES string of the molecule is CC(C)OC(C)C1OC(N2C=NC3C(N)=NC=[NH+]C32)C(O)C1O. The maximum atomic E-state index is 10.4. The topological polar surface area (TPSA) is 127 Å². The van der Waals surface area contributed by atoms with Crippen LogP contribution in [0.2, 0.25) is 0 Å².